The van der Waals surface area contributed by atoms with Gasteiger partial charge in [0.1, 0.15) is 0 Å². The Labute approximate surface area is 68.7 Å². The van der Waals surface area contributed by atoms with Gasteiger partial charge in [0.25, 0.3) is 0 Å². The molecule has 2 aliphatic heterocycles. The predicted molar refractivity (Wildman–Crippen MR) is 46.4 cm³/mol. The molecule has 2 nitrogen and oxygen atoms in total. The molecule has 2 aliphatic rings. The van der Waals surface area contributed by atoms with Crippen LogP contribution in [0.25, 0.3) is 0 Å². The van der Waals surface area contributed by atoms with E-state index in [9.17, 15) is 0 Å². The zero-order valence-electron chi connectivity index (χ0n) is 7.13. The summed E-state index contributed by atoms with van der Waals surface area (Å²) in [4.78, 5) is 2.64. The van der Waals surface area contributed by atoms with Crippen LogP contribution in [0.4, 0.5) is 0 Å². The molecule has 0 amide bonds. The molecule has 0 saturated carbocycles. The van der Waals surface area contributed by atoms with Crippen LogP contribution in [0.3, 0.4) is 0 Å². The van der Waals surface area contributed by atoms with Crippen molar-refractivity contribution in [3.8, 4) is 0 Å². The Morgan fingerprint density at radius 1 is 1.18 bits per heavy atom. The van der Waals surface area contributed by atoms with E-state index < -0.39 is 0 Å². The van der Waals surface area contributed by atoms with Crippen molar-refractivity contribution in [3.63, 3.8) is 0 Å². The van der Waals surface area contributed by atoms with Gasteiger partial charge >= 0.3 is 0 Å². The molecular formula is C9H18N2. The van der Waals surface area contributed by atoms with Crippen molar-refractivity contribution in [1.29, 1.82) is 0 Å². The van der Waals surface area contributed by atoms with Crippen molar-refractivity contribution < 1.29 is 0 Å². The first-order valence-corrected chi connectivity index (χ1v) is 4.87. The van der Waals surface area contributed by atoms with Crippen LogP contribution in [0.5, 0.6) is 0 Å². The summed E-state index contributed by atoms with van der Waals surface area (Å²) >= 11 is 0. The van der Waals surface area contributed by atoms with Crippen molar-refractivity contribution in [2.75, 3.05) is 13.1 Å². The average molecular weight is 154 g/mol. The molecule has 2 saturated heterocycles. The van der Waals surface area contributed by atoms with Crippen LogP contribution in [0.1, 0.15) is 32.1 Å². The number of piperidine rings is 1. The van der Waals surface area contributed by atoms with Crippen LogP contribution in [0.2, 0.25) is 0 Å². The van der Waals surface area contributed by atoms with Gasteiger partial charge < -0.3 is 5.73 Å². The third kappa shape index (κ3) is 1.30. The normalized spacial score (nSPS) is 39.0. The van der Waals surface area contributed by atoms with Gasteiger partial charge in [-0.3, -0.25) is 4.90 Å². The van der Waals surface area contributed by atoms with Crippen molar-refractivity contribution >= 4 is 0 Å². The van der Waals surface area contributed by atoms with E-state index in [4.69, 9.17) is 5.73 Å². The van der Waals surface area contributed by atoms with Gasteiger partial charge in [-0.1, -0.05) is 6.42 Å². The topological polar surface area (TPSA) is 29.3 Å². The SMILES string of the molecule is NC[C@H]1CCC[C@H]2CCCN21. The van der Waals surface area contributed by atoms with Crippen LogP contribution in [0.15, 0.2) is 0 Å². The van der Waals surface area contributed by atoms with E-state index in [-0.39, 0.29) is 0 Å². The minimum atomic E-state index is 0.719. The molecule has 0 aliphatic carbocycles. The number of nitrogens with two attached hydrogens (primary N) is 1. The van der Waals surface area contributed by atoms with Crippen LogP contribution < -0.4 is 5.73 Å². The van der Waals surface area contributed by atoms with Gasteiger partial charge in [-0.15, -0.1) is 0 Å². The smallest absolute Gasteiger partial charge is 0.0221 e. The predicted octanol–water partition coefficient (Wildman–Crippen LogP) is 0.962. The summed E-state index contributed by atoms with van der Waals surface area (Å²) in [7, 11) is 0. The number of nitrogens with zero attached hydrogens (tertiary/aromatic N) is 1. The summed E-state index contributed by atoms with van der Waals surface area (Å²) in [6.07, 6.45) is 7.00. The maximum Gasteiger partial charge on any atom is 0.0221 e. The maximum atomic E-state index is 5.72. The number of fused-ring (bicyclic) bond motifs is 1. The molecule has 0 radical (unpaired) electrons. The highest BCUT2D eigenvalue weighted by atomic mass is 15.2. The quantitative estimate of drug-likeness (QED) is 0.609. The Kier molecular flexibility index (Phi) is 2.14. The first kappa shape index (κ1) is 7.56. The summed E-state index contributed by atoms with van der Waals surface area (Å²) in [5, 5.41) is 0. The Hall–Kier alpha value is -0.0800. The van der Waals surface area contributed by atoms with Crippen molar-refractivity contribution in [2.24, 2.45) is 5.73 Å². The Morgan fingerprint density at radius 3 is 2.82 bits per heavy atom. The van der Waals surface area contributed by atoms with Crippen LogP contribution >= 0.6 is 0 Å². The molecule has 0 aromatic rings. The van der Waals surface area contributed by atoms with E-state index in [2.05, 4.69) is 4.90 Å². The minimum absolute atomic E-state index is 0.719. The second-order valence-corrected chi connectivity index (χ2v) is 3.85. The third-order valence-corrected chi connectivity index (χ3v) is 3.24. The summed E-state index contributed by atoms with van der Waals surface area (Å²) in [6, 6.07) is 1.62. The van der Waals surface area contributed by atoms with Gasteiger partial charge in [-0.2, -0.15) is 0 Å². The fraction of sp³-hybridized carbons (Fsp3) is 1.00. The first-order chi connectivity index (χ1) is 5.42. The molecule has 0 unspecified atom stereocenters. The van der Waals surface area contributed by atoms with E-state index in [1.807, 2.05) is 0 Å². The minimum Gasteiger partial charge on any atom is -0.329 e. The standard InChI is InChI=1S/C9H18N2/c10-7-9-4-1-3-8-5-2-6-11(8)9/h8-9H,1-7,10H2/t8-,9+/m0/s1. The largest absolute Gasteiger partial charge is 0.329 e. The van der Waals surface area contributed by atoms with Gasteiger partial charge in [0, 0.05) is 18.6 Å². The molecule has 2 atom stereocenters. The van der Waals surface area contributed by atoms with Crippen LogP contribution in [-0.4, -0.2) is 30.1 Å². The molecule has 2 rings (SSSR count). The van der Waals surface area contributed by atoms with E-state index in [0.717, 1.165) is 18.6 Å². The van der Waals surface area contributed by atoms with E-state index >= 15 is 0 Å². The number of hydrogen-bond donors (Lipinski definition) is 1. The highest BCUT2D eigenvalue weighted by Crippen LogP contribution is 2.30. The fourth-order valence-electron chi connectivity index (χ4n) is 2.66. The van der Waals surface area contributed by atoms with Crippen LogP contribution in [-0.2, 0) is 0 Å². The Balaban J connectivity index is 2.00. The molecule has 2 heteroatoms. The van der Waals surface area contributed by atoms with Gasteiger partial charge in [-0.05, 0) is 32.2 Å². The molecule has 64 valence electrons. The van der Waals surface area contributed by atoms with Crippen molar-refractivity contribution in [1.82, 2.24) is 4.90 Å². The lowest BCUT2D eigenvalue weighted by Gasteiger charge is -2.36. The second-order valence-electron chi connectivity index (χ2n) is 3.85. The summed E-state index contributed by atoms with van der Waals surface area (Å²) in [5.74, 6) is 0. The van der Waals surface area contributed by atoms with Gasteiger partial charge in [-0.25, -0.2) is 0 Å². The molecule has 0 aromatic heterocycles. The lowest BCUT2D eigenvalue weighted by molar-refractivity contribution is 0.128. The molecule has 2 N–H and O–H groups in total. The van der Waals surface area contributed by atoms with E-state index in [0.29, 0.717) is 0 Å². The maximum absolute atomic E-state index is 5.72. The zero-order chi connectivity index (χ0) is 7.68. The van der Waals surface area contributed by atoms with Crippen molar-refractivity contribution in [3.05, 3.63) is 0 Å². The number of rotatable bonds is 1. The highest BCUT2D eigenvalue weighted by molar-refractivity contribution is 4.89. The lowest BCUT2D eigenvalue weighted by Crippen LogP contribution is -2.46. The average Bonchev–Trinajstić information content (AvgIpc) is 2.50. The number of hydrogen-bond acceptors (Lipinski definition) is 2. The summed E-state index contributed by atoms with van der Waals surface area (Å²) in [5.41, 5.74) is 5.72. The summed E-state index contributed by atoms with van der Waals surface area (Å²) < 4.78 is 0. The molecule has 11 heavy (non-hydrogen) atoms. The zero-order valence-corrected chi connectivity index (χ0v) is 7.13. The molecule has 0 aromatic carbocycles. The van der Waals surface area contributed by atoms with Crippen molar-refractivity contribution in [2.45, 2.75) is 44.2 Å². The Bertz CT molecular complexity index is 136. The van der Waals surface area contributed by atoms with Gasteiger partial charge in [0.2, 0.25) is 0 Å². The van der Waals surface area contributed by atoms with Gasteiger partial charge in [0.05, 0.1) is 0 Å². The fourth-order valence-corrected chi connectivity index (χ4v) is 2.66. The van der Waals surface area contributed by atoms with E-state index in [1.165, 1.54) is 38.6 Å². The Morgan fingerprint density at radius 2 is 2.00 bits per heavy atom. The molecule has 0 bridgehead atoms. The van der Waals surface area contributed by atoms with Crippen LogP contribution in [0, 0.1) is 0 Å². The molecular weight excluding hydrogens is 136 g/mol. The second kappa shape index (κ2) is 3.11. The molecule has 0 spiro atoms. The molecule has 2 fully saturated rings. The third-order valence-electron chi connectivity index (χ3n) is 3.24. The monoisotopic (exact) mass is 154 g/mol. The van der Waals surface area contributed by atoms with E-state index in [1.54, 1.807) is 0 Å². The van der Waals surface area contributed by atoms with Gasteiger partial charge in [0.15, 0.2) is 0 Å². The highest BCUT2D eigenvalue weighted by Gasteiger charge is 2.32. The summed E-state index contributed by atoms with van der Waals surface area (Å²) in [6.45, 7) is 2.18. The lowest BCUT2D eigenvalue weighted by atomic mass is 9.97. The first-order valence-electron chi connectivity index (χ1n) is 4.87. The molecule has 2 heterocycles.